The number of benzene rings is 1. The number of piperidine rings is 1. The van der Waals surface area contributed by atoms with E-state index >= 15 is 0 Å². The third-order valence-electron chi connectivity index (χ3n) is 4.83. The van der Waals surface area contributed by atoms with Gasteiger partial charge in [-0.15, -0.1) is 0 Å². The second-order valence-electron chi connectivity index (χ2n) is 6.08. The Morgan fingerprint density at radius 2 is 1.86 bits per heavy atom. The van der Waals surface area contributed by atoms with Crippen LogP contribution in [0.5, 0.6) is 0 Å². The van der Waals surface area contributed by atoms with E-state index in [1.807, 2.05) is 30.3 Å². The van der Waals surface area contributed by atoms with Crippen molar-refractivity contribution in [3.05, 3.63) is 35.9 Å². The van der Waals surface area contributed by atoms with E-state index in [-0.39, 0.29) is 11.5 Å². The number of likely N-dealkylation sites (tertiary alicyclic amines) is 1. The van der Waals surface area contributed by atoms with E-state index < -0.39 is 0 Å². The number of ketones is 1. The second-order valence-corrected chi connectivity index (χ2v) is 6.08. The number of carbonyl (C=O) groups excluding carboxylic acids is 2. The lowest BCUT2D eigenvalue weighted by atomic mass is 9.76. The summed E-state index contributed by atoms with van der Waals surface area (Å²) in [5.41, 5.74) is 0.862. The molecule has 0 atom stereocenters. The Morgan fingerprint density at radius 3 is 2.48 bits per heavy atom. The molecular weight excluding hydrogens is 266 g/mol. The largest absolute Gasteiger partial charge is 0.445 e. The number of rotatable bonds is 2. The van der Waals surface area contributed by atoms with Crippen molar-refractivity contribution in [2.75, 3.05) is 13.1 Å². The summed E-state index contributed by atoms with van der Waals surface area (Å²) in [5.74, 6) is 0.403. The van der Waals surface area contributed by atoms with Crippen LogP contribution in [0, 0.1) is 5.41 Å². The maximum Gasteiger partial charge on any atom is 0.410 e. The molecule has 1 aromatic rings. The molecule has 3 rings (SSSR count). The van der Waals surface area contributed by atoms with E-state index in [0.29, 0.717) is 25.5 Å². The van der Waals surface area contributed by atoms with E-state index in [9.17, 15) is 9.59 Å². The molecule has 21 heavy (non-hydrogen) atoms. The lowest BCUT2D eigenvalue weighted by Crippen LogP contribution is -2.44. The SMILES string of the molecule is O=C(OCc1ccccc1)N1CCC2(CCCC2=O)CC1. The third-order valence-corrected chi connectivity index (χ3v) is 4.83. The summed E-state index contributed by atoms with van der Waals surface area (Å²) < 4.78 is 5.35. The Labute approximate surface area is 125 Å². The summed E-state index contributed by atoms with van der Waals surface area (Å²) in [5, 5.41) is 0. The first-order valence-corrected chi connectivity index (χ1v) is 7.69. The van der Waals surface area contributed by atoms with Crippen LogP contribution in [-0.2, 0) is 16.1 Å². The van der Waals surface area contributed by atoms with Crippen LogP contribution in [0.15, 0.2) is 30.3 Å². The highest BCUT2D eigenvalue weighted by Crippen LogP contribution is 2.43. The maximum absolute atomic E-state index is 12.1. The summed E-state index contributed by atoms with van der Waals surface area (Å²) in [6.45, 7) is 1.58. The van der Waals surface area contributed by atoms with Gasteiger partial charge in [-0.25, -0.2) is 4.79 Å². The Morgan fingerprint density at radius 1 is 1.14 bits per heavy atom. The lowest BCUT2D eigenvalue weighted by molar-refractivity contribution is -0.128. The van der Waals surface area contributed by atoms with Crippen LogP contribution < -0.4 is 0 Å². The molecule has 4 nitrogen and oxygen atoms in total. The van der Waals surface area contributed by atoms with Gasteiger partial charge in [0.1, 0.15) is 12.4 Å². The molecule has 1 saturated carbocycles. The molecule has 1 saturated heterocycles. The van der Waals surface area contributed by atoms with E-state index in [1.165, 1.54) is 0 Å². The van der Waals surface area contributed by atoms with E-state index in [4.69, 9.17) is 4.74 Å². The van der Waals surface area contributed by atoms with Crippen molar-refractivity contribution < 1.29 is 14.3 Å². The molecule has 1 aliphatic heterocycles. The topological polar surface area (TPSA) is 46.6 Å². The Bertz CT molecular complexity index is 518. The number of Topliss-reactive ketones (excluding diaryl/α,β-unsaturated/α-hetero) is 1. The van der Waals surface area contributed by atoms with Gasteiger partial charge in [0.2, 0.25) is 0 Å². The van der Waals surface area contributed by atoms with Crippen LogP contribution in [0.25, 0.3) is 0 Å². The molecular formula is C17H21NO3. The quantitative estimate of drug-likeness (QED) is 0.839. The van der Waals surface area contributed by atoms with Gasteiger partial charge in [-0.2, -0.15) is 0 Å². The molecule has 0 N–H and O–H groups in total. The fourth-order valence-electron chi connectivity index (χ4n) is 3.45. The van der Waals surface area contributed by atoms with Gasteiger partial charge in [-0.05, 0) is 31.2 Å². The summed E-state index contributed by atoms with van der Waals surface area (Å²) in [6, 6.07) is 9.68. The molecule has 1 aliphatic carbocycles. The minimum Gasteiger partial charge on any atom is -0.445 e. The molecule has 2 fully saturated rings. The van der Waals surface area contributed by atoms with Crippen LogP contribution in [0.1, 0.15) is 37.7 Å². The van der Waals surface area contributed by atoms with Crippen LogP contribution >= 0.6 is 0 Å². The summed E-state index contributed by atoms with van der Waals surface area (Å²) in [7, 11) is 0. The zero-order chi connectivity index (χ0) is 14.7. The molecule has 0 bridgehead atoms. The number of carbonyl (C=O) groups is 2. The number of nitrogens with zero attached hydrogens (tertiary/aromatic N) is 1. The van der Waals surface area contributed by atoms with Gasteiger partial charge in [-0.1, -0.05) is 30.3 Å². The van der Waals surface area contributed by atoms with Gasteiger partial charge in [0.05, 0.1) is 0 Å². The average Bonchev–Trinajstić information content (AvgIpc) is 2.87. The minimum atomic E-state index is -0.265. The fraction of sp³-hybridized carbons (Fsp3) is 0.529. The molecule has 0 aromatic heterocycles. The lowest BCUT2D eigenvalue weighted by Gasteiger charge is -2.37. The van der Waals surface area contributed by atoms with Gasteiger partial charge in [0.15, 0.2) is 0 Å². The molecule has 1 spiro atoms. The highest BCUT2D eigenvalue weighted by Gasteiger charge is 2.44. The Balaban J connectivity index is 1.50. The first-order valence-electron chi connectivity index (χ1n) is 7.69. The van der Waals surface area contributed by atoms with Gasteiger partial charge in [0.25, 0.3) is 0 Å². The van der Waals surface area contributed by atoms with E-state index in [0.717, 1.165) is 37.7 Å². The molecule has 1 amide bonds. The van der Waals surface area contributed by atoms with Crippen molar-refractivity contribution >= 4 is 11.9 Å². The third kappa shape index (κ3) is 2.94. The molecule has 1 heterocycles. The average molecular weight is 287 g/mol. The van der Waals surface area contributed by atoms with Gasteiger partial charge < -0.3 is 9.64 Å². The van der Waals surface area contributed by atoms with Gasteiger partial charge >= 0.3 is 6.09 Å². The maximum atomic E-state index is 12.1. The van der Waals surface area contributed by atoms with E-state index in [2.05, 4.69) is 0 Å². The predicted molar refractivity (Wildman–Crippen MR) is 78.7 cm³/mol. The van der Waals surface area contributed by atoms with Crippen molar-refractivity contribution in [2.24, 2.45) is 5.41 Å². The fourth-order valence-corrected chi connectivity index (χ4v) is 3.45. The highest BCUT2D eigenvalue weighted by molar-refractivity contribution is 5.87. The predicted octanol–water partition coefficient (Wildman–Crippen LogP) is 3.16. The van der Waals surface area contributed by atoms with Crippen LogP contribution in [-0.4, -0.2) is 29.9 Å². The summed E-state index contributed by atoms with van der Waals surface area (Å²) in [4.78, 5) is 25.8. The standard InChI is InChI=1S/C17H21NO3/c19-15-7-4-8-17(15)9-11-18(12-10-17)16(20)21-13-14-5-2-1-3-6-14/h1-3,5-6H,4,7-13H2. The number of amides is 1. The number of hydrogen-bond acceptors (Lipinski definition) is 3. The van der Waals surface area contributed by atoms with E-state index in [1.54, 1.807) is 4.90 Å². The normalized spacial score (nSPS) is 20.8. The molecule has 0 unspecified atom stereocenters. The molecule has 112 valence electrons. The number of ether oxygens (including phenoxy) is 1. The van der Waals surface area contributed by atoms with Crippen LogP contribution in [0.3, 0.4) is 0 Å². The molecule has 1 aromatic carbocycles. The van der Waals surface area contributed by atoms with Crippen molar-refractivity contribution in [2.45, 2.75) is 38.7 Å². The molecule has 4 heteroatoms. The van der Waals surface area contributed by atoms with Crippen molar-refractivity contribution in [3.8, 4) is 0 Å². The zero-order valence-electron chi connectivity index (χ0n) is 12.2. The zero-order valence-corrected chi connectivity index (χ0v) is 12.2. The summed E-state index contributed by atoms with van der Waals surface area (Å²) >= 11 is 0. The minimum absolute atomic E-state index is 0.129. The first kappa shape index (κ1) is 14.1. The Kier molecular flexibility index (Phi) is 3.95. The summed E-state index contributed by atoms with van der Waals surface area (Å²) in [6.07, 6.45) is 4.06. The Hall–Kier alpha value is -1.84. The second kappa shape index (κ2) is 5.88. The van der Waals surface area contributed by atoms with Crippen molar-refractivity contribution in [1.29, 1.82) is 0 Å². The highest BCUT2D eigenvalue weighted by atomic mass is 16.6. The monoisotopic (exact) mass is 287 g/mol. The first-order chi connectivity index (χ1) is 10.2. The van der Waals surface area contributed by atoms with Crippen LogP contribution in [0.2, 0.25) is 0 Å². The van der Waals surface area contributed by atoms with Crippen LogP contribution in [0.4, 0.5) is 4.79 Å². The van der Waals surface area contributed by atoms with Gasteiger partial charge in [-0.3, -0.25) is 4.79 Å². The smallest absolute Gasteiger partial charge is 0.410 e. The van der Waals surface area contributed by atoms with Gasteiger partial charge in [0, 0.05) is 24.9 Å². The van der Waals surface area contributed by atoms with Crippen molar-refractivity contribution in [1.82, 2.24) is 4.90 Å². The van der Waals surface area contributed by atoms with Crippen molar-refractivity contribution in [3.63, 3.8) is 0 Å². The molecule has 0 radical (unpaired) electrons. The number of hydrogen-bond donors (Lipinski definition) is 0. The molecule has 2 aliphatic rings.